The monoisotopic (exact) mass is 332 g/mol. The molecule has 1 aromatic carbocycles. The van der Waals surface area contributed by atoms with E-state index in [1.807, 2.05) is 32.9 Å². The number of carbonyl (C=O) groups excluding carboxylic acids is 2. The number of primary amides is 1. The number of ether oxygens (including phenoxy) is 1. The summed E-state index contributed by atoms with van der Waals surface area (Å²) in [5.74, 6) is -0.458. The second-order valence-electron chi connectivity index (χ2n) is 6.68. The van der Waals surface area contributed by atoms with Crippen LogP contribution in [0.2, 0.25) is 0 Å². The Morgan fingerprint density at radius 3 is 2.38 bits per heavy atom. The van der Waals surface area contributed by atoms with Crippen molar-refractivity contribution in [2.24, 2.45) is 5.73 Å². The van der Waals surface area contributed by atoms with Crippen molar-refractivity contribution in [1.82, 2.24) is 4.90 Å². The Bertz CT molecular complexity index is 709. The third kappa shape index (κ3) is 4.75. The molecule has 0 atom stereocenters. The van der Waals surface area contributed by atoms with Gasteiger partial charge in [0.05, 0.1) is 5.56 Å². The van der Waals surface area contributed by atoms with E-state index in [-0.39, 0.29) is 11.7 Å². The van der Waals surface area contributed by atoms with Crippen molar-refractivity contribution >= 4 is 23.0 Å². The van der Waals surface area contributed by atoms with Gasteiger partial charge in [-0.05, 0) is 39.7 Å². The quantitative estimate of drug-likeness (QED) is 0.865. The lowest BCUT2D eigenvalue weighted by Gasteiger charge is -2.23. The molecule has 0 radical (unpaired) electrons. The molecule has 2 N–H and O–H groups in total. The summed E-state index contributed by atoms with van der Waals surface area (Å²) in [7, 11) is 0. The molecule has 1 saturated heterocycles. The van der Waals surface area contributed by atoms with E-state index in [2.05, 4.69) is 0 Å². The molecule has 0 saturated carbocycles. The number of rotatable bonds is 1. The van der Waals surface area contributed by atoms with Gasteiger partial charge in [-0.15, -0.1) is 0 Å². The number of para-hydroxylation sites is 1. The van der Waals surface area contributed by atoms with Gasteiger partial charge in [0, 0.05) is 18.5 Å². The van der Waals surface area contributed by atoms with Crippen LogP contribution in [0.15, 0.2) is 34.9 Å². The predicted octanol–water partition coefficient (Wildman–Crippen LogP) is 3.55. The average Bonchev–Trinajstić information content (AvgIpc) is 3.16. The Morgan fingerprint density at radius 1 is 1.17 bits per heavy atom. The number of benzene rings is 1. The second kappa shape index (κ2) is 7.38. The normalized spacial score (nSPS) is 14.2. The summed E-state index contributed by atoms with van der Waals surface area (Å²) in [6.45, 7) is 7.38. The van der Waals surface area contributed by atoms with Crippen molar-refractivity contribution in [3.63, 3.8) is 0 Å². The zero-order chi connectivity index (χ0) is 17.7. The molecule has 0 spiro atoms. The number of fused-ring (bicyclic) bond motifs is 1. The SMILES string of the molecule is CC(C)(C)OC(=O)N1CCCC1.NC(=O)c1coc2ccccc12. The number of hydrogen-bond acceptors (Lipinski definition) is 4. The lowest BCUT2D eigenvalue weighted by molar-refractivity contribution is 0.0295. The standard InChI is InChI=1S/C9H7NO2.C9H17NO2/c10-9(11)7-5-12-8-4-2-1-3-6(7)8;1-9(2,3)12-8(11)10-6-4-5-7-10/h1-5H,(H2,10,11);4-7H2,1-3H3. The van der Waals surface area contributed by atoms with Crippen molar-refractivity contribution in [1.29, 1.82) is 0 Å². The number of nitrogens with zero attached hydrogens (tertiary/aromatic N) is 1. The Labute approximate surface area is 141 Å². The first-order chi connectivity index (χ1) is 11.3. The molecule has 3 rings (SSSR count). The highest BCUT2D eigenvalue weighted by molar-refractivity contribution is 6.05. The Kier molecular flexibility index (Phi) is 5.49. The first kappa shape index (κ1) is 17.8. The minimum atomic E-state index is -0.458. The largest absolute Gasteiger partial charge is 0.463 e. The molecule has 6 heteroatoms. The minimum absolute atomic E-state index is 0.167. The molecule has 1 aliphatic heterocycles. The number of nitrogens with two attached hydrogens (primary N) is 1. The molecule has 2 aromatic rings. The van der Waals surface area contributed by atoms with Gasteiger partial charge in [-0.3, -0.25) is 4.79 Å². The zero-order valence-electron chi connectivity index (χ0n) is 14.4. The van der Waals surface area contributed by atoms with Gasteiger partial charge in [0.2, 0.25) is 0 Å². The van der Waals surface area contributed by atoms with Crippen molar-refractivity contribution in [2.75, 3.05) is 13.1 Å². The van der Waals surface area contributed by atoms with Crippen molar-refractivity contribution in [3.8, 4) is 0 Å². The molecular formula is C18H24N2O4. The molecule has 2 amide bonds. The first-order valence-corrected chi connectivity index (χ1v) is 8.02. The van der Waals surface area contributed by atoms with Gasteiger partial charge in [0.15, 0.2) is 0 Å². The summed E-state index contributed by atoms with van der Waals surface area (Å²) >= 11 is 0. The van der Waals surface area contributed by atoms with Gasteiger partial charge >= 0.3 is 6.09 Å². The number of carbonyl (C=O) groups is 2. The minimum Gasteiger partial charge on any atom is -0.463 e. The van der Waals surface area contributed by atoms with Crippen molar-refractivity contribution < 1.29 is 18.7 Å². The maximum absolute atomic E-state index is 11.4. The topological polar surface area (TPSA) is 85.8 Å². The maximum atomic E-state index is 11.4. The van der Waals surface area contributed by atoms with Crippen LogP contribution >= 0.6 is 0 Å². The van der Waals surface area contributed by atoms with E-state index >= 15 is 0 Å². The predicted molar refractivity (Wildman–Crippen MR) is 91.8 cm³/mol. The summed E-state index contributed by atoms with van der Waals surface area (Å²) in [4.78, 5) is 24.0. The molecule has 0 bridgehead atoms. The number of amides is 2. The summed E-state index contributed by atoms with van der Waals surface area (Å²) in [5.41, 5.74) is 5.89. The van der Waals surface area contributed by atoms with E-state index < -0.39 is 5.91 Å². The van der Waals surface area contributed by atoms with Gasteiger partial charge < -0.3 is 19.8 Å². The van der Waals surface area contributed by atoms with Crippen LogP contribution in [0, 0.1) is 0 Å². The molecule has 1 aliphatic rings. The van der Waals surface area contributed by atoms with Crippen LogP contribution in [-0.4, -0.2) is 35.6 Å². The smallest absolute Gasteiger partial charge is 0.410 e. The van der Waals surface area contributed by atoms with Gasteiger partial charge in [-0.2, -0.15) is 0 Å². The first-order valence-electron chi connectivity index (χ1n) is 8.02. The van der Waals surface area contributed by atoms with Crippen LogP contribution in [0.25, 0.3) is 11.0 Å². The molecule has 0 unspecified atom stereocenters. The number of hydrogen-bond donors (Lipinski definition) is 1. The molecule has 0 aliphatic carbocycles. The lowest BCUT2D eigenvalue weighted by atomic mass is 10.2. The summed E-state index contributed by atoms with van der Waals surface area (Å²) in [6, 6.07) is 7.28. The van der Waals surface area contributed by atoms with Crippen molar-refractivity contribution in [3.05, 3.63) is 36.1 Å². The fourth-order valence-electron chi connectivity index (χ4n) is 2.39. The van der Waals surface area contributed by atoms with E-state index in [0.29, 0.717) is 11.1 Å². The highest BCUT2D eigenvalue weighted by Crippen LogP contribution is 2.19. The van der Waals surface area contributed by atoms with Crippen LogP contribution in [0.5, 0.6) is 0 Å². The molecule has 6 nitrogen and oxygen atoms in total. The summed E-state index contributed by atoms with van der Waals surface area (Å²) in [6.07, 6.45) is 3.44. The second-order valence-corrected chi connectivity index (χ2v) is 6.68. The van der Waals surface area contributed by atoms with Crippen molar-refractivity contribution in [2.45, 2.75) is 39.2 Å². The molecule has 24 heavy (non-hydrogen) atoms. The fraction of sp³-hybridized carbons (Fsp3) is 0.444. The van der Waals surface area contributed by atoms with E-state index in [1.54, 1.807) is 17.0 Å². The zero-order valence-corrected chi connectivity index (χ0v) is 14.4. The van der Waals surface area contributed by atoms with Crippen LogP contribution in [0.1, 0.15) is 44.0 Å². The average molecular weight is 332 g/mol. The van der Waals surface area contributed by atoms with E-state index in [0.717, 1.165) is 31.3 Å². The molecule has 2 heterocycles. The highest BCUT2D eigenvalue weighted by atomic mass is 16.6. The van der Waals surface area contributed by atoms with Gasteiger partial charge in [-0.1, -0.05) is 18.2 Å². The third-order valence-corrected chi connectivity index (χ3v) is 3.50. The Hall–Kier alpha value is -2.50. The Morgan fingerprint density at radius 2 is 1.79 bits per heavy atom. The highest BCUT2D eigenvalue weighted by Gasteiger charge is 2.23. The van der Waals surface area contributed by atoms with E-state index in [4.69, 9.17) is 14.9 Å². The number of furan rings is 1. The van der Waals surface area contributed by atoms with Gasteiger partial charge in [-0.25, -0.2) is 4.79 Å². The molecular weight excluding hydrogens is 308 g/mol. The molecule has 1 aromatic heterocycles. The Balaban J connectivity index is 0.000000174. The van der Waals surface area contributed by atoms with E-state index in [1.165, 1.54) is 6.26 Å². The van der Waals surface area contributed by atoms with Crippen LogP contribution in [0.3, 0.4) is 0 Å². The van der Waals surface area contributed by atoms with E-state index in [9.17, 15) is 9.59 Å². The van der Waals surface area contributed by atoms with Crippen LogP contribution in [0.4, 0.5) is 4.79 Å². The number of likely N-dealkylation sites (tertiary alicyclic amines) is 1. The maximum Gasteiger partial charge on any atom is 0.410 e. The summed E-state index contributed by atoms with van der Waals surface area (Å²) in [5, 5.41) is 0.769. The molecule has 130 valence electrons. The summed E-state index contributed by atoms with van der Waals surface area (Å²) < 4.78 is 10.3. The third-order valence-electron chi connectivity index (χ3n) is 3.50. The van der Waals surface area contributed by atoms with Gasteiger partial charge in [0.1, 0.15) is 17.4 Å². The van der Waals surface area contributed by atoms with Crippen LogP contribution < -0.4 is 5.73 Å². The van der Waals surface area contributed by atoms with Gasteiger partial charge in [0.25, 0.3) is 5.91 Å². The van der Waals surface area contributed by atoms with Crippen LogP contribution in [-0.2, 0) is 4.74 Å². The fourth-order valence-corrected chi connectivity index (χ4v) is 2.39. The lowest BCUT2D eigenvalue weighted by Crippen LogP contribution is -2.34. The molecule has 1 fully saturated rings.